The van der Waals surface area contributed by atoms with Gasteiger partial charge in [0, 0.05) is 33.6 Å². The van der Waals surface area contributed by atoms with E-state index in [1.165, 1.54) is 6.26 Å². The predicted molar refractivity (Wildman–Crippen MR) is 121 cm³/mol. The number of nitrogens with one attached hydrogen (secondary N) is 1. The van der Waals surface area contributed by atoms with Crippen LogP contribution in [0, 0.1) is 13.8 Å². The van der Waals surface area contributed by atoms with E-state index in [9.17, 15) is 4.79 Å². The number of hydrogen-bond acceptors (Lipinski definition) is 5. The molecule has 4 rings (SSSR count). The molecule has 30 heavy (non-hydrogen) atoms. The lowest BCUT2D eigenvalue weighted by Gasteiger charge is -2.36. The smallest absolute Gasteiger partial charge is 0.291 e. The molecule has 1 aromatic carbocycles. The number of rotatable bonds is 5. The summed E-state index contributed by atoms with van der Waals surface area (Å²) in [7, 11) is 0. The van der Waals surface area contributed by atoms with Crippen molar-refractivity contribution in [2.45, 2.75) is 19.9 Å². The molecule has 0 saturated carbocycles. The summed E-state index contributed by atoms with van der Waals surface area (Å²) in [6.07, 6.45) is 1.49. The van der Waals surface area contributed by atoms with Gasteiger partial charge in [0.25, 0.3) is 5.91 Å². The SMILES string of the molecule is Cc1sc(NC(=O)c2ccco2)c([C@@H](c2ccc(Cl)cc2Cl)N2CCOCC2)c1C. The number of nitrogens with zero attached hydrogens (tertiary/aromatic N) is 1. The summed E-state index contributed by atoms with van der Waals surface area (Å²) in [5.74, 6) is 0.00235. The molecule has 1 N–H and O–H groups in total. The highest BCUT2D eigenvalue weighted by Crippen LogP contribution is 2.44. The van der Waals surface area contributed by atoms with E-state index in [1.54, 1.807) is 29.5 Å². The zero-order valence-corrected chi connectivity index (χ0v) is 19.0. The highest BCUT2D eigenvalue weighted by Gasteiger charge is 2.32. The van der Waals surface area contributed by atoms with Crippen molar-refractivity contribution in [2.75, 3.05) is 31.6 Å². The number of carbonyl (C=O) groups is 1. The van der Waals surface area contributed by atoms with E-state index in [4.69, 9.17) is 32.4 Å². The van der Waals surface area contributed by atoms with Gasteiger partial charge in [0.1, 0.15) is 5.00 Å². The highest BCUT2D eigenvalue weighted by molar-refractivity contribution is 7.16. The van der Waals surface area contributed by atoms with Crippen LogP contribution in [0.15, 0.2) is 41.0 Å². The van der Waals surface area contributed by atoms with Gasteiger partial charge in [-0.15, -0.1) is 11.3 Å². The van der Waals surface area contributed by atoms with Crippen LogP contribution in [0.4, 0.5) is 5.00 Å². The van der Waals surface area contributed by atoms with E-state index >= 15 is 0 Å². The Balaban J connectivity index is 1.81. The number of furan rings is 1. The largest absolute Gasteiger partial charge is 0.459 e. The van der Waals surface area contributed by atoms with Crippen LogP contribution in [0.3, 0.4) is 0 Å². The Kier molecular flexibility index (Phi) is 6.51. The summed E-state index contributed by atoms with van der Waals surface area (Å²) >= 11 is 14.4. The first-order valence-electron chi connectivity index (χ1n) is 9.67. The average Bonchev–Trinajstić information content (AvgIpc) is 3.35. The molecule has 0 spiro atoms. The fourth-order valence-corrected chi connectivity index (χ4v) is 5.33. The van der Waals surface area contributed by atoms with E-state index in [0.29, 0.717) is 23.3 Å². The molecule has 158 valence electrons. The van der Waals surface area contributed by atoms with Gasteiger partial charge in [0.05, 0.1) is 25.5 Å². The summed E-state index contributed by atoms with van der Waals surface area (Å²) in [6.45, 7) is 6.98. The molecule has 1 aliphatic rings. The number of morpholine rings is 1. The van der Waals surface area contributed by atoms with Crippen LogP contribution >= 0.6 is 34.5 Å². The predicted octanol–water partition coefficient (Wildman–Crippen LogP) is 5.94. The average molecular weight is 465 g/mol. The van der Waals surface area contributed by atoms with Crippen molar-refractivity contribution in [3.05, 3.63) is 74.0 Å². The number of carbonyl (C=O) groups excluding carboxylic acids is 1. The lowest BCUT2D eigenvalue weighted by molar-refractivity contribution is 0.0240. The molecule has 1 atom stereocenters. The monoisotopic (exact) mass is 464 g/mol. The summed E-state index contributed by atoms with van der Waals surface area (Å²) < 4.78 is 10.8. The summed E-state index contributed by atoms with van der Waals surface area (Å²) in [5, 5.41) is 5.05. The van der Waals surface area contributed by atoms with Crippen LogP contribution in [-0.4, -0.2) is 37.1 Å². The lowest BCUT2D eigenvalue weighted by Crippen LogP contribution is -2.40. The van der Waals surface area contributed by atoms with Gasteiger partial charge in [-0.3, -0.25) is 9.69 Å². The molecule has 1 fully saturated rings. The van der Waals surface area contributed by atoms with Crippen molar-refractivity contribution in [1.82, 2.24) is 4.90 Å². The Morgan fingerprint density at radius 3 is 2.63 bits per heavy atom. The lowest BCUT2D eigenvalue weighted by atomic mass is 9.94. The molecular formula is C22H22Cl2N2O3S. The van der Waals surface area contributed by atoms with Gasteiger partial charge >= 0.3 is 0 Å². The van der Waals surface area contributed by atoms with E-state index in [1.807, 2.05) is 12.1 Å². The van der Waals surface area contributed by atoms with Crippen LogP contribution in [-0.2, 0) is 4.74 Å². The second kappa shape index (κ2) is 9.12. The minimum atomic E-state index is -0.273. The normalized spacial score (nSPS) is 15.9. The third-order valence-electron chi connectivity index (χ3n) is 5.35. The Morgan fingerprint density at radius 1 is 1.20 bits per heavy atom. The molecule has 0 unspecified atom stereocenters. The molecule has 0 radical (unpaired) electrons. The molecule has 1 amide bonds. The maximum Gasteiger partial charge on any atom is 0.291 e. The standard InChI is InChI=1S/C22H22Cl2N2O3S/c1-13-14(2)30-22(25-21(27)18-4-3-9-29-18)19(13)20(26-7-10-28-11-8-26)16-6-5-15(23)12-17(16)24/h3-6,9,12,20H,7-8,10-11H2,1-2H3,(H,25,27)/t20-/m1/s1. The number of benzene rings is 1. The van der Waals surface area contributed by atoms with Crippen molar-refractivity contribution in [1.29, 1.82) is 0 Å². The molecule has 0 aliphatic carbocycles. The number of amides is 1. The molecule has 3 aromatic rings. The number of aryl methyl sites for hydroxylation is 1. The number of thiophene rings is 1. The highest BCUT2D eigenvalue weighted by atomic mass is 35.5. The molecule has 3 heterocycles. The second-order valence-corrected chi connectivity index (χ2v) is 9.24. The molecule has 5 nitrogen and oxygen atoms in total. The Bertz CT molecular complexity index is 1040. The molecule has 0 bridgehead atoms. The van der Waals surface area contributed by atoms with Gasteiger partial charge in [-0.25, -0.2) is 0 Å². The van der Waals surface area contributed by atoms with E-state index in [-0.39, 0.29) is 17.7 Å². The van der Waals surface area contributed by atoms with Gasteiger partial charge in [-0.05, 0) is 49.2 Å². The van der Waals surface area contributed by atoms with Gasteiger partial charge < -0.3 is 14.5 Å². The van der Waals surface area contributed by atoms with Crippen LogP contribution in [0.1, 0.15) is 38.2 Å². The fraction of sp³-hybridized carbons (Fsp3) is 0.318. The molecule has 8 heteroatoms. The summed E-state index contributed by atoms with van der Waals surface area (Å²) in [5.41, 5.74) is 3.14. The quantitative estimate of drug-likeness (QED) is 0.507. The Labute approximate surface area is 189 Å². The van der Waals surface area contributed by atoms with Crippen molar-refractivity contribution < 1.29 is 13.9 Å². The van der Waals surface area contributed by atoms with Crippen LogP contribution in [0.2, 0.25) is 10.0 Å². The molecule has 1 aliphatic heterocycles. The first-order chi connectivity index (χ1) is 14.5. The van der Waals surface area contributed by atoms with E-state index in [2.05, 4.69) is 24.1 Å². The minimum absolute atomic E-state index is 0.129. The zero-order chi connectivity index (χ0) is 21.3. The number of hydrogen-bond donors (Lipinski definition) is 1. The van der Waals surface area contributed by atoms with Crippen molar-refractivity contribution in [2.24, 2.45) is 0 Å². The molecular weight excluding hydrogens is 443 g/mol. The number of halogens is 2. The van der Waals surface area contributed by atoms with E-state index in [0.717, 1.165) is 39.7 Å². The fourth-order valence-electron chi connectivity index (χ4n) is 3.73. The number of anilines is 1. The van der Waals surface area contributed by atoms with Gasteiger partial charge in [0.15, 0.2) is 5.76 Å². The van der Waals surface area contributed by atoms with Crippen molar-refractivity contribution in [3.8, 4) is 0 Å². The van der Waals surface area contributed by atoms with Crippen LogP contribution in [0.5, 0.6) is 0 Å². The van der Waals surface area contributed by atoms with Crippen molar-refractivity contribution in [3.63, 3.8) is 0 Å². The van der Waals surface area contributed by atoms with Crippen LogP contribution in [0.25, 0.3) is 0 Å². The first-order valence-corrected chi connectivity index (χ1v) is 11.2. The Hall–Kier alpha value is -1.83. The van der Waals surface area contributed by atoms with E-state index < -0.39 is 0 Å². The molecule has 1 saturated heterocycles. The van der Waals surface area contributed by atoms with Crippen LogP contribution < -0.4 is 5.32 Å². The summed E-state index contributed by atoms with van der Waals surface area (Å²) in [4.78, 5) is 16.2. The molecule has 2 aromatic heterocycles. The number of ether oxygens (including phenoxy) is 1. The van der Waals surface area contributed by atoms with Gasteiger partial charge in [-0.2, -0.15) is 0 Å². The zero-order valence-electron chi connectivity index (χ0n) is 16.7. The topological polar surface area (TPSA) is 54.7 Å². The third kappa shape index (κ3) is 4.29. The summed E-state index contributed by atoms with van der Waals surface area (Å²) in [6, 6.07) is 8.81. The van der Waals surface area contributed by atoms with Gasteiger partial charge in [-0.1, -0.05) is 29.3 Å². The second-order valence-electron chi connectivity index (χ2n) is 7.17. The van der Waals surface area contributed by atoms with Crippen molar-refractivity contribution >= 4 is 45.4 Å². The minimum Gasteiger partial charge on any atom is -0.459 e. The van der Waals surface area contributed by atoms with Gasteiger partial charge in [0.2, 0.25) is 0 Å². The maximum absolute atomic E-state index is 12.7. The Morgan fingerprint density at radius 2 is 1.97 bits per heavy atom. The first kappa shape index (κ1) is 21.4. The maximum atomic E-state index is 12.7. The third-order valence-corrected chi connectivity index (χ3v) is 7.05.